The molecular formula is H16MoN2O8. The topological polar surface area (TPSA) is 313 Å². The van der Waals surface area contributed by atoms with E-state index in [2.05, 4.69) is 0 Å². The largest absolute Gasteiger partial charge is 6.00 e. The van der Waals surface area contributed by atoms with Gasteiger partial charge in [-0.15, -0.1) is 0 Å². The summed E-state index contributed by atoms with van der Waals surface area (Å²) in [6, 6.07) is 0. The van der Waals surface area contributed by atoms with E-state index in [0.29, 0.717) is 0 Å². The quantitative estimate of drug-likeness (QED) is 0.413. The van der Waals surface area contributed by atoms with Crippen molar-refractivity contribution in [1.82, 2.24) is 12.3 Å². The van der Waals surface area contributed by atoms with Gasteiger partial charge in [-0.3, -0.25) is 0 Å². The third kappa shape index (κ3) is 8500. The van der Waals surface area contributed by atoms with Crippen LogP contribution in [0.25, 0.3) is 0 Å². The van der Waals surface area contributed by atoms with Crippen LogP contribution in [0.1, 0.15) is 0 Å². The molecule has 0 amide bonds. The molecule has 0 bridgehead atoms. The molecule has 0 rings (SSSR count). The van der Waals surface area contributed by atoms with Crippen LogP contribution in [0.3, 0.4) is 0 Å². The van der Waals surface area contributed by atoms with Crippen molar-refractivity contribution >= 4 is 0 Å². The summed E-state index contributed by atoms with van der Waals surface area (Å²) in [6.45, 7) is 0. The van der Waals surface area contributed by atoms with E-state index in [9.17, 15) is 0 Å². The Bertz CT molecular complexity index is 12.1. The molecule has 0 saturated carbocycles. The fourth-order valence-corrected chi connectivity index (χ4v) is 0. The zero-order valence-corrected chi connectivity index (χ0v) is 8.05. The number of hydrogen-bond acceptors (Lipinski definition) is 0. The van der Waals surface area contributed by atoms with Crippen LogP contribution in [0, 0.1) is 0 Å². The minimum Gasteiger partial charge on any atom is -2.00 e. The number of quaternary nitrogens is 2. The van der Waals surface area contributed by atoms with Gasteiger partial charge in [0.05, 0.1) is 0 Å². The van der Waals surface area contributed by atoms with Crippen molar-refractivity contribution in [2.45, 2.75) is 0 Å². The number of rotatable bonds is 0. The van der Waals surface area contributed by atoms with Crippen LogP contribution < -0.4 is 12.3 Å². The van der Waals surface area contributed by atoms with Gasteiger partial charge in [-0.1, -0.05) is 0 Å². The Balaban J connectivity index is 0. The smallest absolute Gasteiger partial charge is 2.00 e. The molecule has 16 N–H and O–H groups in total. The van der Waals surface area contributed by atoms with Crippen LogP contribution in [-0.2, 0) is 43.0 Å². The summed E-state index contributed by atoms with van der Waals surface area (Å²) < 4.78 is 0. The summed E-state index contributed by atoms with van der Waals surface area (Å²) in [7, 11) is 0. The molecule has 0 atom stereocenters. The van der Waals surface area contributed by atoms with Gasteiger partial charge in [-0.25, -0.2) is 0 Å². The van der Waals surface area contributed by atoms with Gasteiger partial charge in [0.2, 0.25) is 0 Å². The third-order valence-electron chi connectivity index (χ3n) is 0. The fourth-order valence-electron chi connectivity index (χ4n) is 0. The van der Waals surface area contributed by atoms with E-state index in [0.717, 1.165) is 0 Å². The molecule has 11 heteroatoms. The second-order valence-corrected chi connectivity index (χ2v) is 0. The predicted molar refractivity (Wildman–Crippen MR) is 29.2 cm³/mol. The third-order valence-corrected chi connectivity index (χ3v) is 0. The molecule has 11 heavy (non-hydrogen) atoms. The first-order valence-corrected chi connectivity index (χ1v) is 0. The molecule has 0 unspecified atom stereocenters. The Morgan fingerprint density at radius 1 is 0.364 bits per heavy atom. The van der Waals surface area contributed by atoms with Crippen molar-refractivity contribution in [3.8, 4) is 0 Å². The van der Waals surface area contributed by atoms with Crippen molar-refractivity contribution in [3.63, 3.8) is 0 Å². The average molecular weight is 268 g/mol. The second kappa shape index (κ2) is 10700. The molecule has 0 aliphatic carbocycles. The van der Waals surface area contributed by atoms with Gasteiger partial charge >= 0.3 is 21.1 Å². The minimum absolute atomic E-state index is 0. The van der Waals surface area contributed by atoms with E-state index in [4.69, 9.17) is 0 Å². The van der Waals surface area contributed by atoms with E-state index in [1.54, 1.807) is 0 Å². The first-order valence-electron chi connectivity index (χ1n) is 0. The van der Waals surface area contributed by atoms with Crippen molar-refractivity contribution in [2.75, 3.05) is 0 Å². The van der Waals surface area contributed by atoms with Gasteiger partial charge in [-0.05, 0) is 0 Å². The van der Waals surface area contributed by atoms with Gasteiger partial charge in [0.25, 0.3) is 0 Å². The normalized spacial score (nSPS) is 0. The molecule has 10 nitrogen and oxygen atoms in total. The molecular weight excluding hydrogens is 252 g/mol. The summed E-state index contributed by atoms with van der Waals surface area (Å²) in [5, 5.41) is 0. The van der Waals surface area contributed by atoms with Crippen LogP contribution in [0.15, 0.2) is 0 Å². The Hall–Kier alpha value is 0.288. The monoisotopic (exact) mass is 270 g/mol. The van der Waals surface area contributed by atoms with Crippen LogP contribution in [0.5, 0.6) is 0 Å². The zero-order chi connectivity index (χ0) is 0. The minimum atomic E-state index is 0. The summed E-state index contributed by atoms with van der Waals surface area (Å²) in [4.78, 5) is 0. The van der Waals surface area contributed by atoms with E-state index in [1.165, 1.54) is 0 Å². The van der Waals surface area contributed by atoms with Crippen LogP contribution in [0.2, 0.25) is 0 Å². The van der Waals surface area contributed by atoms with E-state index in [-0.39, 0.29) is 77.2 Å². The van der Waals surface area contributed by atoms with Gasteiger partial charge in [-0.2, -0.15) is 0 Å². The maximum Gasteiger partial charge on any atom is 6.00 e. The van der Waals surface area contributed by atoms with Crippen molar-refractivity contribution < 1.29 is 64.9 Å². The summed E-state index contributed by atoms with van der Waals surface area (Å²) >= 11 is 0. The average Bonchev–Trinajstić information content (AvgIpc) is 0. The molecule has 80 valence electrons. The molecule has 0 aliphatic heterocycles. The van der Waals surface area contributed by atoms with E-state index >= 15 is 0 Å². The Morgan fingerprint density at radius 2 is 0.364 bits per heavy atom. The van der Waals surface area contributed by atoms with Gasteiger partial charge in [0.1, 0.15) is 0 Å². The van der Waals surface area contributed by atoms with Crippen LogP contribution >= 0.6 is 0 Å². The molecule has 0 aromatic rings. The molecule has 0 heterocycles. The Labute approximate surface area is 77.9 Å². The maximum absolute atomic E-state index is 0. The van der Waals surface area contributed by atoms with Gasteiger partial charge in [0.15, 0.2) is 0 Å². The van der Waals surface area contributed by atoms with Crippen molar-refractivity contribution in [2.24, 2.45) is 0 Å². The van der Waals surface area contributed by atoms with Crippen LogP contribution in [0.4, 0.5) is 0 Å². The van der Waals surface area contributed by atoms with Crippen LogP contribution in [-0.4, -0.2) is 21.9 Å². The molecule has 0 fully saturated rings. The Morgan fingerprint density at radius 3 is 0.364 bits per heavy atom. The maximum atomic E-state index is 0. The first-order chi connectivity index (χ1) is 0. The predicted octanol–water partition coefficient (Wildman–Crippen LogP) is -3.02. The SMILES string of the molecule is O.O.O.O.[Mo+6].[NH4+].[NH4+].[O-2].[O-2].[O-2].[O-2]. The summed E-state index contributed by atoms with van der Waals surface area (Å²) in [6.07, 6.45) is 0. The Kier molecular flexibility index (Phi) is 14000000. The van der Waals surface area contributed by atoms with E-state index in [1.807, 2.05) is 0 Å². The molecule has 0 aliphatic rings. The molecule has 0 aromatic carbocycles. The first kappa shape index (κ1) is 14400. The van der Waals surface area contributed by atoms with Crippen molar-refractivity contribution in [1.29, 1.82) is 0 Å². The molecule has 0 spiro atoms. The number of hydrogen-bond donors (Lipinski definition) is 2. The summed E-state index contributed by atoms with van der Waals surface area (Å²) in [5.41, 5.74) is 0. The second-order valence-electron chi connectivity index (χ2n) is 0. The van der Waals surface area contributed by atoms with E-state index < -0.39 is 0 Å². The van der Waals surface area contributed by atoms with Crippen molar-refractivity contribution in [3.05, 3.63) is 0 Å². The zero-order valence-electron chi connectivity index (χ0n) is 6.04. The summed E-state index contributed by atoms with van der Waals surface area (Å²) in [5.74, 6) is 0. The molecule has 0 aromatic heterocycles. The van der Waals surface area contributed by atoms with Gasteiger partial charge < -0.3 is 56.1 Å². The molecule has 0 saturated heterocycles. The standard InChI is InChI=1S/Mo.2H3N.4H2O.4O/h;2*1H3;4*1H2;;;;/q+6;;;;;;;4*-2/p+2. The van der Waals surface area contributed by atoms with Gasteiger partial charge in [0, 0.05) is 0 Å². The fraction of sp³-hybridized carbons (Fsp3) is 0. The molecule has 0 radical (unpaired) electrons.